The molecule has 1 saturated carbocycles. The minimum absolute atomic E-state index is 0.511. The first-order valence-corrected chi connectivity index (χ1v) is 5.14. The first kappa shape index (κ1) is 9.18. The van der Waals surface area contributed by atoms with Crippen LogP contribution in [0, 0.1) is 11.3 Å². The quantitative estimate of drug-likeness (QED) is 0.487. The highest BCUT2D eigenvalue weighted by atomic mass is 32.1. The molecule has 0 nitrogen and oxygen atoms in total. The maximum absolute atomic E-state index is 4.17. The van der Waals surface area contributed by atoms with Crippen molar-refractivity contribution in [2.45, 2.75) is 33.1 Å². The van der Waals surface area contributed by atoms with Crippen molar-refractivity contribution in [1.29, 1.82) is 0 Å². The molecule has 0 N–H and O–H groups in total. The van der Waals surface area contributed by atoms with Crippen LogP contribution >= 0.6 is 12.6 Å². The van der Waals surface area contributed by atoms with Crippen molar-refractivity contribution >= 4 is 12.6 Å². The second kappa shape index (κ2) is 3.66. The number of rotatable bonds is 3. The Bertz CT molecular complexity index is 149. The average Bonchev–Trinajstić information content (AvgIpc) is 1.99. The molecule has 1 fully saturated rings. The van der Waals surface area contributed by atoms with Crippen LogP contribution in [0.5, 0.6) is 0 Å². The maximum Gasteiger partial charge on any atom is 0.00827 e. The smallest absolute Gasteiger partial charge is 0.00827 e. The van der Waals surface area contributed by atoms with Crippen LogP contribution in [0.4, 0.5) is 0 Å². The summed E-state index contributed by atoms with van der Waals surface area (Å²) in [6.07, 6.45) is 8.66. The first-order chi connectivity index (χ1) is 5.23. The van der Waals surface area contributed by atoms with E-state index in [1.54, 1.807) is 0 Å². The minimum atomic E-state index is 0.511. The monoisotopic (exact) mass is 170 g/mol. The Balaban J connectivity index is 2.47. The molecule has 11 heavy (non-hydrogen) atoms. The zero-order valence-corrected chi connectivity index (χ0v) is 8.40. The van der Waals surface area contributed by atoms with Crippen molar-refractivity contribution < 1.29 is 0 Å². The SMILES string of the molecule is CCC1CCC1(C)/C=C\CS. The fraction of sp³-hybridized carbons (Fsp3) is 0.800. The van der Waals surface area contributed by atoms with Crippen LogP contribution in [0.25, 0.3) is 0 Å². The van der Waals surface area contributed by atoms with E-state index in [-0.39, 0.29) is 0 Å². The summed E-state index contributed by atoms with van der Waals surface area (Å²) < 4.78 is 0. The van der Waals surface area contributed by atoms with Crippen molar-refractivity contribution in [2.24, 2.45) is 11.3 Å². The summed E-state index contributed by atoms with van der Waals surface area (Å²) in [5, 5.41) is 0. The van der Waals surface area contributed by atoms with Crippen LogP contribution in [0.1, 0.15) is 33.1 Å². The molecule has 2 atom stereocenters. The van der Waals surface area contributed by atoms with Crippen molar-refractivity contribution in [2.75, 3.05) is 5.75 Å². The minimum Gasteiger partial charge on any atom is -0.175 e. The van der Waals surface area contributed by atoms with Gasteiger partial charge in [0.2, 0.25) is 0 Å². The van der Waals surface area contributed by atoms with Crippen molar-refractivity contribution in [3.8, 4) is 0 Å². The molecular formula is C10H18S. The molecular weight excluding hydrogens is 152 g/mol. The summed E-state index contributed by atoms with van der Waals surface area (Å²) >= 11 is 4.17. The van der Waals surface area contributed by atoms with Gasteiger partial charge in [-0.1, -0.05) is 32.4 Å². The molecule has 0 amide bonds. The maximum atomic E-state index is 4.17. The van der Waals surface area contributed by atoms with E-state index in [4.69, 9.17) is 0 Å². The van der Waals surface area contributed by atoms with Crippen LogP contribution in [-0.4, -0.2) is 5.75 Å². The van der Waals surface area contributed by atoms with Gasteiger partial charge in [-0.25, -0.2) is 0 Å². The average molecular weight is 170 g/mol. The van der Waals surface area contributed by atoms with Crippen LogP contribution in [-0.2, 0) is 0 Å². The van der Waals surface area contributed by atoms with E-state index in [0.29, 0.717) is 5.41 Å². The summed E-state index contributed by atoms with van der Waals surface area (Å²) in [4.78, 5) is 0. The number of hydrogen-bond donors (Lipinski definition) is 1. The third-order valence-corrected chi connectivity index (χ3v) is 3.27. The molecule has 0 spiro atoms. The van der Waals surface area contributed by atoms with Gasteiger partial charge in [-0.2, -0.15) is 12.6 Å². The van der Waals surface area contributed by atoms with Crippen LogP contribution in [0.15, 0.2) is 12.2 Å². The van der Waals surface area contributed by atoms with Gasteiger partial charge < -0.3 is 0 Å². The van der Waals surface area contributed by atoms with Gasteiger partial charge in [0.25, 0.3) is 0 Å². The molecule has 0 radical (unpaired) electrons. The van der Waals surface area contributed by atoms with Crippen molar-refractivity contribution in [3.05, 3.63) is 12.2 Å². The van der Waals surface area contributed by atoms with Gasteiger partial charge in [0.05, 0.1) is 0 Å². The second-order valence-electron chi connectivity index (χ2n) is 3.73. The van der Waals surface area contributed by atoms with Crippen LogP contribution < -0.4 is 0 Å². The van der Waals surface area contributed by atoms with E-state index >= 15 is 0 Å². The predicted octanol–water partition coefficient (Wildman–Crippen LogP) is 3.30. The van der Waals surface area contributed by atoms with E-state index in [1.165, 1.54) is 19.3 Å². The number of allylic oxidation sites excluding steroid dienone is 1. The second-order valence-corrected chi connectivity index (χ2v) is 4.10. The topological polar surface area (TPSA) is 0 Å². The molecule has 1 aliphatic rings. The highest BCUT2D eigenvalue weighted by molar-refractivity contribution is 7.80. The Morgan fingerprint density at radius 2 is 2.36 bits per heavy atom. The normalized spacial score (nSPS) is 37.5. The molecule has 1 rings (SSSR count). The lowest BCUT2D eigenvalue weighted by Gasteiger charge is -2.45. The Hall–Kier alpha value is 0.0900. The fourth-order valence-electron chi connectivity index (χ4n) is 2.02. The molecule has 0 saturated heterocycles. The summed E-state index contributed by atoms with van der Waals surface area (Å²) in [6, 6.07) is 0. The molecule has 0 aromatic carbocycles. The summed E-state index contributed by atoms with van der Waals surface area (Å²) in [5.41, 5.74) is 0.511. The summed E-state index contributed by atoms with van der Waals surface area (Å²) in [6.45, 7) is 4.65. The van der Waals surface area contributed by atoms with Gasteiger partial charge in [0.1, 0.15) is 0 Å². The van der Waals surface area contributed by atoms with Gasteiger partial charge in [-0.05, 0) is 24.2 Å². The molecule has 0 bridgehead atoms. The van der Waals surface area contributed by atoms with Crippen LogP contribution in [0.3, 0.4) is 0 Å². The molecule has 0 heterocycles. The first-order valence-electron chi connectivity index (χ1n) is 4.51. The zero-order chi connectivity index (χ0) is 8.32. The lowest BCUT2D eigenvalue weighted by molar-refractivity contribution is 0.102. The van der Waals surface area contributed by atoms with E-state index in [2.05, 4.69) is 38.6 Å². The Morgan fingerprint density at radius 1 is 1.64 bits per heavy atom. The van der Waals surface area contributed by atoms with Gasteiger partial charge in [0, 0.05) is 5.75 Å². The molecule has 64 valence electrons. The highest BCUT2D eigenvalue weighted by Crippen LogP contribution is 2.49. The van der Waals surface area contributed by atoms with E-state index in [9.17, 15) is 0 Å². The van der Waals surface area contributed by atoms with Gasteiger partial charge in [0.15, 0.2) is 0 Å². The van der Waals surface area contributed by atoms with Gasteiger partial charge in [-0.3, -0.25) is 0 Å². The van der Waals surface area contributed by atoms with E-state index in [1.807, 2.05) is 0 Å². The van der Waals surface area contributed by atoms with Crippen LogP contribution in [0.2, 0.25) is 0 Å². The summed E-state index contributed by atoms with van der Waals surface area (Å²) in [5.74, 6) is 1.81. The molecule has 1 heteroatoms. The molecule has 0 aromatic heterocycles. The Morgan fingerprint density at radius 3 is 2.73 bits per heavy atom. The number of hydrogen-bond acceptors (Lipinski definition) is 1. The summed E-state index contributed by atoms with van der Waals surface area (Å²) in [7, 11) is 0. The highest BCUT2D eigenvalue weighted by Gasteiger charge is 2.38. The third-order valence-electron chi connectivity index (χ3n) is 3.06. The molecule has 2 unspecified atom stereocenters. The zero-order valence-electron chi connectivity index (χ0n) is 7.51. The van der Waals surface area contributed by atoms with Gasteiger partial charge in [-0.15, -0.1) is 0 Å². The van der Waals surface area contributed by atoms with E-state index in [0.717, 1.165) is 11.7 Å². The lowest BCUT2D eigenvalue weighted by Crippen LogP contribution is -2.35. The fourth-order valence-corrected chi connectivity index (χ4v) is 2.12. The predicted molar refractivity (Wildman–Crippen MR) is 54.1 cm³/mol. The van der Waals surface area contributed by atoms with Gasteiger partial charge >= 0.3 is 0 Å². The Kier molecular flexibility index (Phi) is 3.06. The standard InChI is InChI=1S/C10H18S/c1-3-9-5-7-10(9,2)6-4-8-11/h4,6,9,11H,3,5,7-8H2,1-2H3/b6-4-. The van der Waals surface area contributed by atoms with Crippen molar-refractivity contribution in [1.82, 2.24) is 0 Å². The van der Waals surface area contributed by atoms with E-state index < -0.39 is 0 Å². The lowest BCUT2D eigenvalue weighted by atomic mass is 9.60. The third kappa shape index (κ3) is 1.81. The molecule has 0 aliphatic heterocycles. The molecule has 1 aliphatic carbocycles. The molecule has 0 aromatic rings. The van der Waals surface area contributed by atoms with Crippen molar-refractivity contribution in [3.63, 3.8) is 0 Å². The largest absolute Gasteiger partial charge is 0.175 e. The Labute approximate surface area is 75.5 Å². The number of thiol groups is 1.